The molecular weight excluding hydrogens is 290 g/mol. The maximum atomic E-state index is 5.92. The average molecular weight is 328 g/mol. The summed E-state index contributed by atoms with van der Waals surface area (Å²) in [7, 11) is 3.61. The van der Waals surface area contributed by atoms with Gasteiger partial charge in [0.05, 0.1) is 6.10 Å². The van der Waals surface area contributed by atoms with E-state index in [4.69, 9.17) is 9.47 Å². The van der Waals surface area contributed by atoms with Crippen molar-refractivity contribution in [3.05, 3.63) is 0 Å². The minimum atomic E-state index is 0.391. The number of hydrogen-bond acceptors (Lipinski definition) is 3. The van der Waals surface area contributed by atoms with Gasteiger partial charge in [0.1, 0.15) is 0 Å². The molecule has 5 heteroatoms. The van der Waals surface area contributed by atoms with Gasteiger partial charge in [-0.2, -0.15) is 0 Å². The van der Waals surface area contributed by atoms with Crippen molar-refractivity contribution in [3.63, 3.8) is 0 Å². The number of nitrogens with zero attached hydrogens (tertiary/aromatic N) is 2. The molecule has 1 N–H and O–H groups in total. The number of guanidine groups is 1. The summed E-state index contributed by atoms with van der Waals surface area (Å²) in [6, 6.07) is 0. The second kappa shape index (κ2) is 10.9. The van der Waals surface area contributed by atoms with Crippen LogP contribution in [0.1, 0.15) is 52.9 Å². The fraction of sp³-hybridized carbons (Fsp3) is 0.944. The molecule has 0 aliphatic carbocycles. The quantitative estimate of drug-likeness (QED) is 0.423. The van der Waals surface area contributed by atoms with Gasteiger partial charge in [-0.25, -0.2) is 0 Å². The van der Waals surface area contributed by atoms with Gasteiger partial charge in [-0.1, -0.05) is 20.8 Å². The van der Waals surface area contributed by atoms with Crippen molar-refractivity contribution in [2.45, 2.75) is 59.0 Å². The molecule has 0 saturated carbocycles. The molecule has 0 radical (unpaired) electrons. The summed E-state index contributed by atoms with van der Waals surface area (Å²) >= 11 is 0. The molecule has 0 amide bonds. The van der Waals surface area contributed by atoms with Crippen LogP contribution in [0.5, 0.6) is 0 Å². The van der Waals surface area contributed by atoms with Crippen molar-refractivity contribution >= 4 is 5.96 Å². The third-order valence-corrected chi connectivity index (χ3v) is 4.19. The zero-order valence-corrected chi connectivity index (χ0v) is 15.9. The molecule has 0 atom stereocenters. The lowest BCUT2D eigenvalue weighted by Crippen LogP contribution is -2.47. The Morgan fingerprint density at radius 2 is 1.87 bits per heavy atom. The molecule has 0 spiro atoms. The molecule has 0 unspecified atom stereocenters. The lowest BCUT2D eigenvalue weighted by Gasteiger charge is -2.34. The molecule has 0 aromatic rings. The summed E-state index contributed by atoms with van der Waals surface area (Å²) in [5.74, 6) is 1.04. The average Bonchev–Trinajstić information content (AvgIpc) is 2.51. The number of aliphatic imine (C=N–C) groups is 1. The van der Waals surface area contributed by atoms with E-state index in [1.165, 1.54) is 12.8 Å². The lowest BCUT2D eigenvalue weighted by molar-refractivity contribution is 0.00990. The molecule has 5 nitrogen and oxygen atoms in total. The van der Waals surface area contributed by atoms with Crippen molar-refractivity contribution in [3.8, 4) is 0 Å². The van der Waals surface area contributed by atoms with E-state index in [0.29, 0.717) is 11.5 Å². The Morgan fingerprint density at radius 1 is 1.17 bits per heavy atom. The summed E-state index contributed by atoms with van der Waals surface area (Å²) in [5.41, 5.74) is 0.406. The van der Waals surface area contributed by atoms with Gasteiger partial charge in [-0.05, 0) is 37.5 Å². The van der Waals surface area contributed by atoms with Gasteiger partial charge in [0.15, 0.2) is 5.96 Å². The normalized spacial score (nSPS) is 17.6. The van der Waals surface area contributed by atoms with Crippen LogP contribution >= 0.6 is 0 Å². The Kier molecular flexibility index (Phi) is 9.56. The highest BCUT2D eigenvalue weighted by Gasteiger charge is 2.21. The van der Waals surface area contributed by atoms with Crippen LogP contribution in [0.3, 0.4) is 0 Å². The molecule has 1 aliphatic heterocycles. The van der Waals surface area contributed by atoms with Crippen LogP contribution in [0.4, 0.5) is 0 Å². The van der Waals surface area contributed by atoms with Crippen molar-refractivity contribution in [2.75, 3.05) is 47.0 Å². The molecule has 1 heterocycles. The van der Waals surface area contributed by atoms with Crippen molar-refractivity contribution in [2.24, 2.45) is 10.4 Å². The van der Waals surface area contributed by atoms with Crippen LogP contribution in [0.25, 0.3) is 0 Å². The van der Waals surface area contributed by atoms with Crippen molar-refractivity contribution in [1.82, 2.24) is 10.2 Å². The van der Waals surface area contributed by atoms with E-state index in [-0.39, 0.29) is 0 Å². The number of hydrogen-bond donors (Lipinski definition) is 1. The summed E-state index contributed by atoms with van der Waals surface area (Å²) in [6.07, 6.45) is 5.94. The second-order valence-electron chi connectivity index (χ2n) is 7.54. The molecule has 1 saturated heterocycles. The summed E-state index contributed by atoms with van der Waals surface area (Å²) < 4.78 is 11.0. The van der Waals surface area contributed by atoms with Gasteiger partial charge in [0, 0.05) is 47.0 Å². The first-order valence-electron chi connectivity index (χ1n) is 9.02. The zero-order valence-electron chi connectivity index (χ0n) is 15.9. The standard InChI is InChI=1S/C18H37N3O2/c1-18(2,3)10-6-11-20-17(19-4)21-12-8-16(9-13-21)23-15-7-14-22-5/h16H,6-15H2,1-5H3,(H,19,20). The maximum absolute atomic E-state index is 5.92. The van der Waals surface area contributed by atoms with E-state index < -0.39 is 0 Å². The van der Waals surface area contributed by atoms with Gasteiger partial charge in [-0.3, -0.25) is 4.99 Å². The first-order chi connectivity index (χ1) is 11.0. The number of piperidine rings is 1. The van der Waals surface area contributed by atoms with E-state index in [0.717, 1.165) is 58.1 Å². The first kappa shape index (κ1) is 20.2. The number of nitrogens with one attached hydrogen (secondary N) is 1. The van der Waals surface area contributed by atoms with E-state index in [1.807, 2.05) is 7.05 Å². The predicted octanol–water partition coefficient (Wildman–Crippen LogP) is 2.91. The van der Waals surface area contributed by atoms with Crippen LogP contribution in [0.15, 0.2) is 4.99 Å². The number of likely N-dealkylation sites (tertiary alicyclic amines) is 1. The maximum Gasteiger partial charge on any atom is 0.193 e. The lowest BCUT2D eigenvalue weighted by atomic mass is 9.91. The third kappa shape index (κ3) is 9.16. The summed E-state index contributed by atoms with van der Waals surface area (Å²) in [4.78, 5) is 6.78. The highest BCUT2D eigenvalue weighted by Crippen LogP contribution is 2.20. The Bertz CT molecular complexity index is 332. The number of ether oxygens (including phenoxy) is 2. The Morgan fingerprint density at radius 3 is 2.43 bits per heavy atom. The number of rotatable bonds is 8. The Balaban J connectivity index is 2.20. The summed E-state index contributed by atoms with van der Waals surface area (Å²) in [5, 5.41) is 3.51. The highest BCUT2D eigenvalue weighted by molar-refractivity contribution is 5.79. The van der Waals surface area contributed by atoms with Crippen LogP contribution in [0, 0.1) is 5.41 Å². The smallest absolute Gasteiger partial charge is 0.193 e. The Hall–Kier alpha value is -0.810. The SMILES string of the molecule is CN=C(NCCCC(C)(C)C)N1CCC(OCCCOC)CC1. The molecule has 136 valence electrons. The molecule has 0 bridgehead atoms. The van der Waals surface area contributed by atoms with Crippen LogP contribution < -0.4 is 5.32 Å². The van der Waals surface area contributed by atoms with Crippen LogP contribution in [0.2, 0.25) is 0 Å². The van der Waals surface area contributed by atoms with Gasteiger partial charge in [0.2, 0.25) is 0 Å². The van der Waals surface area contributed by atoms with Gasteiger partial charge in [-0.15, -0.1) is 0 Å². The fourth-order valence-corrected chi connectivity index (χ4v) is 2.84. The van der Waals surface area contributed by atoms with E-state index >= 15 is 0 Å². The van der Waals surface area contributed by atoms with E-state index in [2.05, 4.69) is 36.0 Å². The zero-order chi connectivity index (χ0) is 17.1. The molecule has 1 rings (SSSR count). The van der Waals surface area contributed by atoms with Gasteiger partial charge >= 0.3 is 0 Å². The molecule has 0 aromatic carbocycles. The second-order valence-corrected chi connectivity index (χ2v) is 7.54. The van der Waals surface area contributed by atoms with E-state index in [1.54, 1.807) is 7.11 Å². The number of methoxy groups -OCH3 is 1. The predicted molar refractivity (Wildman–Crippen MR) is 97.1 cm³/mol. The molecule has 23 heavy (non-hydrogen) atoms. The van der Waals surface area contributed by atoms with Crippen molar-refractivity contribution < 1.29 is 9.47 Å². The summed E-state index contributed by atoms with van der Waals surface area (Å²) in [6.45, 7) is 11.5. The van der Waals surface area contributed by atoms with Crippen molar-refractivity contribution in [1.29, 1.82) is 0 Å². The fourth-order valence-electron chi connectivity index (χ4n) is 2.84. The first-order valence-corrected chi connectivity index (χ1v) is 9.02. The Labute approximate surface area is 142 Å². The van der Waals surface area contributed by atoms with Gasteiger partial charge < -0.3 is 19.7 Å². The highest BCUT2D eigenvalue weighted by atomic mass is 16.5. The third-order valence-electron chi connectivity index (χ3n) is 4.19. The largest absolute Gasteiger partial charge is 0.385 e. The monoisotopic (exact) mass is 327 g/mol. The minimum absolute atomic E-state index is 0.391. The minimum Gasteiger partial charge on any atom is -0.385 e. The molecule has 1 aliphatic rings. The molecule has 1 fully saturated rings. The van der Waals surface area contributed by atoms with Gasteiger partial charge in [0.25, 0.3) is 0 Å². The van der Waals surface area contributed by atoms with E-state index in [9.17, 15) is 0 Å². The van der Waals surface area contributed by atoms with Crippen LogP contribution in [-0.2, 0) is 9.47 Å². The molecular formula is C18H37N3O2. The van der Waals surface area contributed by atoms with Crippen LogP contribution in [-0.4, -0.2) is 64.0 Å². The topological polar surface area (TPSA) is 46.1 Å². The molecule has 0 aromatic heterocycles.